The molecule has 0 amide bonds. The van der Waals surface area contributed by atoms with E-state index in [9.17, 15) is 0 Å². The fraction of sp³-hybridized carbons (Fsp3) is 0.538. The van der Waals surface area contributed by atoms with Gasteiger partial charge in [-0.2, -0.15) is 0 Å². The Labute approximate surface area is 192 Å². The zero-order valence-corrected chi connectivity index (χ0v) is 19.6. The zero-order chi connectivity index (χ0) is 22.3. The van der Waals surface area contributed by atoms with E-state index in [-0.39, 0.29) is 0 Å². The van der Waals surface area contributed by atoms with Gasteiger partial charge in [-0.25, -0.2) is 0 Å². The Hall–Kier alpha value is -2.12. The SMILES string of the molecule is COc1ccc(C2CN(C)Cc3cc(OCCCN4CCN(CC[OH2+])CC4)ccc32)cc1. The predicted octanol–water partition coefficient (Wildman–Crippen LogP) is 2.38. The first kappa shape index (κ1) is 23.1. The molecule has 0 saturated carbocycles. The Morgan fingerprint density at radius 3 is 2.31 bits per heavy atom. The largest absolute Gasteiger partial charge is 0.497 e. The van der Waals surface area contributed by atoms with Crippen LogP contribution in [0.15, 0.2) is 42.5 Å². The maximum atomic E-state index is 7.37. The molecule has 2 aromatic rings. The highest BCUT2D eigenvalue weighted by Crippen LogP contribution is 2.35. The fourth-order valence-electron chi connectivity index (χ4n) is 4.91. The monoisotopic (exact) mass is 440 g/mol. The molecule has 0 aromatic heterocycles. The number of hydrogen-bond donors (Lipinski definition) is 0. The van der Waals surface area contributed by atoms with Crippen LogP contribution in [0.3, 0.4) is 0 Å². The summed E-state index contributed by atoms with van der Waals surface area (Å²) in [6.07, 6.45) is 1.05. The summed E-state index contributed by atoms with van der Waals surface area (Å²) >= 11 is 0. The smallest absolute Gasteiger partial charge is 0.156 e. The molecule has 1 unspecified atom stereocenters. The lowest BCUT2D eigenvalue weighted by molar-refractivity contribution is 0.108. The van der Waals surface area contributed by atoms with E-state index in [0.29, 0.717) is 12.5 Å². The average molecular weight is 441 g/mol. The molecule has 6 heteroatoms. The van der Waals surface area contributed by atoms with Crippen LogP contribution in [0.5, 0.6) is 11.5 Å². The van der Waals surface area contributed by atoms with Gasteiger partial charge in [0.25, 0.3) is 0 Å². The van der Waals surface area contributed by atoms with Crippen molar-refractivity contribution >= 4 is 0 Å². The Bertz CT molecular complexity index is 850. The number of fused-ring (bicyclic) bond motifs is 1. The van der Waals surface area contributed by atoms with Crippen molar-refractivity contribution in [2.24, 2.45) is 0 Å². The summed E-state index contributed by atoms with van der Waals surface area (Å²) in [5.74, 6) is 2.25. The number of piperazine rings is 1. The number of rotatable bonds is 9. The predicted molar refractivity (Wildman–Crippen MR) is 129 cm³/mol. The van der Waals surface area contributed by atoms with E-state index in [0.717, 1.165) is 76.9 Å². The molecule has 1 fully saturated rings. The quantitative estimate of drug-likeness (QED) is 0.443. The van der Waals surface area contributed by atoms with Crippen molar-refractivity contribution in [3.8, 4) is 11.5 Å². The van der Waals surface area contributed by atoms with Crippen LogP contribution in [-0.4, -0.2) is 93.0 Å². The van der Waals surface area contributed by atoms with Crippen molar-refractivity contribution in [3.05, 3.63) is 59.2 Å². The molecule has 1 saturated heterocycles. The average Bonchev–Trinajstić information content (AvgIpc) is 2.82. The minimum Gasteiger partial charge on any atom is -0.497 e. The highest BCUT2D eigenvalue weighted by atomic mass is 16.5. The van der Waals surface area contributed by atoms with Crippen LogP contribution in [0.2, 0.25) is 0 Å². The standard InChI is InChI=1S/C26H37N3O3/c1-27-19-22-18-24(32-17-3-10-28-11-13-29(14-12-28)15-16-30)8-9-25(22)26(20-27)21-4-6-23(31-2)7-5-21/h4-9,18,26,30H,3,10-17,19-20H2,1-2H3/p+1. The van der Waals surface area contributed by atoms with E-state index in [1.807, 2.05) is 0 Å². The lowest BCUT2D eigenvalue weighted by Gasteiger charge is -2.34. The topological polar surface area (TPSA) is 51.1 Å². The molecule has 32 heavy (non-hydrogen) atoms. The second kappa shape index (κ2) is 11.1. The van der Waals surface area contributed by atoms with Crippen LogP contribution in [-0.2, 0) is 6.54 Å². The number of nitrogens with zero attached hydrogens (tertiary/aromatic N) is 3. The Morgan fingerprint density at radius 1 is 0.938 bits per heavy atom. The molecule has 174 valence electrons. The molecule has 0 aliphatic carbocycles. The van der Waals surface area contributed by atoms with Crippen molar-refractivity contribution in [1.29, 1.82) is 0 Å². The number of likely N-dealkylation sites (N-methyl/N-ethyl adjacent to an activating group) is 1. The van der Waals surface area contributed by atoms with E-state index < -0.39 is 0 Å². The third kappa shape index (κ3) is 5.81. The summed E-state index contributed by atoms with van der Waals surface area (Å²) in [5, 5.41) is 7.37. The van der Waals surface area contributed by atoms with Gasteiger partial charge in [0.2, 0.25) is 0 Å². The van der Waals surface area contributed by atoms with E-state index in [4.69, 9.17) is 14.6 Å². The van der Waals surface area contributed by atoms with Gasteiger partial charge in [0.15, 0.2) is 6.61 Å². The molecule has 6 nitrogen and oxygen atoms in total. The van der Waals surface area contributed by atoms with Crippen LogP contribution in [0, 0.1) is 0 Å². The van der Waals surface area contributed by atoms with Crippen LogP contribution < -0.4 is 9.47 Å². The van der Waals surface area contributed by atoms with Gasteiger partial charge < -0.3 is 24.4 Å². The Kier molecular flexibility index (Phi) is 8.03. The molecule has 0 bridgehead atoms. The van der Waals surface area contributed by atoms with Gasteiger partial charge in [-0.1, -0.05) is 18.2 Å². The van der Waals surface area contributed by atoms with Crippen molar-refractivity contribution in [2.45, 2.75) is 18.9 Å². The zero-order valence-electron chi connectivity index (χ0n) is 19.6. The number of benzene rings is 2. The highest BCUT2D eigenvalue weighted by molar-refractivity contribution is 5.45. The lowest BCUT2D eigenvalue weighted by atomic mass is 9.84. The van der Waals surface area contributed by atoms with Crippen molar-refractivity contribution < 1.29 is 14.6 Å². The molecule has 2 aromatic carbocycles. The van der Waals surface area contributed by atoms with Crippen LogP contribution >= 0.6 is 0 Å². The van der Waals surface area contributed by atoms with E-state index >= 15 is 0 Å². The van der Waals surface area contributed by atoms with Gasteiger partial charge in [-0.3, -0.25) is 4.90 Å². The third-order valence-electron chi connectivity index (χ3n) is 6.72. The molecule has 0 spiro atoms. The van der Waals surface area contributed by atoms with Gasteiger partial charge in [-0.05, 0) is 54.4 Å². The third-order valence-corrected chi connectivity index (χ3v) is 6.72. The molecular formula is C26H38N3O3+. The van der Waals surface area contributed by atoms with Crippen LogP contribution in [0.4, 0.5) is 0 Å². The minimum absolute atomic E-state index is 0.373. The molecule has 2 heterocycles. The molecule has 2 aliphatic rings. The Morgan fingerprint density at radius 2 is 1.62 bits per heavy atom. The summed E-state index contributed by atoms with van der Waals surface area (Å²) in [6.45, 7) is 9.63. The number of ether oxygens (including phenoxy) is 2. The molecule has 1 atom stereocenters. The molecule has 2 N–H and O–H groups in total. The molecule has 4 rings (SSSR count). The van der Waals surface area contributed by atoms with Crippen molar-refractivity contribution in [3.63, 3.8) is 0 Å². The van der Waals surface area contributed by atoms with Gasteiger partial charge in [0, 0.05) is 51.7 Å². The summed E-state index contributed by atoms with van der Waals surface area (Å²) in [5.41, 5.74) is 4.10. The first-order chi connectivity index (χ1) is 15.7. The second-order valence-corrected chi connectivity index (χ2v) is 9.02. The van der Waals surface area contributed by atoms with Crippen molar-refractivity contribution in [2.75, 3.05) is 73.2 Å². The van der Waals surface area contributed by atoms with Gasteiger partial charge in [0.05, 0.1) is 20.3 Å². The second-order valence-electron chi connectivity index (χ2n) is 9.02. The summed E-state index contributed by atoms with van der Waals surface area (Å²) < 4.78 is 11.5. The molecule has 0 radical (unpaired) electrons. The number of hydrogen-bond acceptors (Lipinski definition) is 5. The Balaban J connectivity index is 1.30. The fourth-order valence-corrected chi connectivity index (χ4v) is 4.91. The van der Waals surface area contributed by atoms with Crippen molar-refractivity contribution in [1.82, 2.24) is 14.7 Å². The molecule has 2 aliphatic heterocycles. The van der Waals surface area contributed by atoms with Gasteiger partial charge in [0.1, 0.15) is 11.5 Å². The van der Waals surface area contributed by atoms with E-state index in [1.165, 1.54) is 16.7 Å². The van der Waals surface area contributed by atoms with Gasteiger partial charge in [-0.15, -0.1) is 0 Å². The highest BCUT2D eigenvalue weighted by Gasteiger charge is 2.25. The first-order valence-corrected chi connectivity index (χ1v) is 11.8. The summed E-state index contributed by atoms with van der Waals surface area (Å²) in [4.78, 5) is 7.30. The van der Waals surface area contributed by atoms with E-state index in [1.54, 1.807) is 7.11 Å². The first-order valence-electron chi connectivity index (χ1n) is 11.8. The number of methoxy groups -OCH3 is 1. The van der Waals surface area contributed by atoms with Crippen LogP contribution in [0.1, 0.15) is 29.0 Å². The minimum atomic E-state index is 0.373. The lowest BCUT2D eigenvalue weighted by Crippen LogP contribution is -2.47. The summed E-state index contributed by atoms with van der Waals surface area (Å²) in [7, 11) is 3.90. The van der Waals surface area contributed by atoms with Gasteiger partial charge >= 0.3 is 0 Å². The van der Waals surface area contributed by atoms with Crippen LogP contribution in [0.25, 0.3) is 0 Å². The maximum Gasteiger partial charge on any atom is 0.156 e. The molecular weight excluding hydrogens is 402 g/mol. The normalized spacial score (nSPS) is 20.2. The summed E-state index contributed by atoms with van der Waals surface area (Å²) in [6, 6.07) is 15.1. The maximum absolute atomic E-state index is 7.37. The van der Waals surface area contributed by atoms with E-state index in [2.05, 4.69) is 64.2 Å².